The molecule has 0 saturated heterocycles. The van der Waals surface area contributed by atoms with Crippen molar-refractivity contribution in [2.45, 2.75) is 0 Å². The molecule has 0 atom stereocenters. The van der Waals surface area contributed by atoms with Crippen LogP contribution in [0.2, 0.25) is 10.2 Å². The average Bonchev–Trinajstić information content (AvgIpc) is 2.14. The van der Waals surface area contributed by atoms with Crippen LogP contribution in [0.4, 0.5) is 4.39 Å². The normalized spacial score (nSPS) is 10.7. The fourth-order valence-corrected chi connectivity index (χ4v) is 1.93. The van der Waals surface area contributed by atoms with Gasteiger partial charge in [-0.3, -0.25) is 0 Å². The molecule has 1 aromatic heterocycles. The van der Waals surface area contributed by atoms with Crippen LogP contribution in [-0.2, 0) is 0 Å². The van der Waals surface area contributed by atoms with E-state index in [1.807, 2.05) is 0 Å². The molecule has 0 spiro atoms. The third kappa shape index (κ3) is 1.85. The van der Waals surface area contributed by atoms with Crippen LogP contribution in [0.3, 0.4) is 0 Å². The number of nitrogens with zero attached hydrogens (tertiary/aromatic N) is 1. The first-order valence-electron chi connectivity index (χ1n) is 4.11. The molecule has 2 rings (SSSR count). The fourth-order valence-electron chi connectivity index (χ4n) is 1.38. The molecule has 15 heavy (non-hydrogen) atoms. The molecule has 1 aromatic carbocycles. The van der Waals surface area contributed by atoms with Gasteiger partial charge in [0.05, 0.1) is 23.0 Å². The number of ether oxygens (including phenoxy) is 1. The Hall–Kier alpha value is -1.06. The first-order chi connectivity index (χ1) is 7.11. The zero-order valence-electron chi connectivity index (χ0n) is 7.72. The highest BCUT2D eigenvalue weighted by Crippen LogP contribution is 2.33. The molecule has 0 unspecified atom stereocenters. The number of aromatic nitrogens is 1. The van der Waals surface area contributed by atoms with Crippen LogP contribution in [0.1, 0.15) is 0 Å². The monoisotopic (exact) mass is 245 g/mol. The van der Waals surface area contributed by atoms with Crippen molar-refractivity contribution in [1.82, 2.24) is 4.98 Å². The van der Waals surface area contributed by atoms with Gasteiger partial charge in [-0.05, 0) is 6.07 Å². The smallest absolute Gasteiger partial charge is 0.132 e. The molecule has 0 N–H and O–H groups in total. The lowest BCUT2D eigenvalue weighted by molar-refractivity contribution is 0.416. The van der Waals surface area contributed by atoms with E-state index in [2.05, 4.69) is 4.98 Å². The average molecular weight is 246 g/mol. The minimum Gasteiger partial charge on any atom is -0.496 e. The van der Waals surface area contributed by atoms with E-state index < -0.39 is 5.82 Å². The topological polar surface area (TPSA) is 22.1 Å². The number of methoxy groups -OCH3 is 1. The van der Waals surface area contributed by atoms with Crippen LogP contribution < -0.4 is 4.74 Å². The van der Waals surface area contributed by atoms with Gasteiger partial charge in [-0.15, -0.1) is 0 Å². The van der Waals surface area contributed by atoms with Crippen LogP contribution >= 0.6 is 23.2 Å². The van der Waals surface area contributed by atoms with E-state index in [-0.39, 0.29) is 5.15 Å². The lowest BCUT2D eigenvalue weighted by atomic mass is 10.2. The molecule has 0 aliphatic rings. The Labute approximate surface area is 95.6 Å². The van der Waals surface area contributed by atoms with E-state index in [4.69, 9.17) is 27.9 Å². The largest absolute Gasteiger partial charge is 0.496 e. The quantitative estimate of drug-likeness (QED) is 0.716. The molecule has 0 aliphatic heterocycles. The van der Waals surface area contributed by atoms with E-state index in [0.29, 0.717) is 21.7 Å². The minimum atomic E-state index is -0.440. The summed E-state index contributed by atoms with van der Waals surface area (Å²) in [6.07, 6.45) is 0. The first kappa shape index (κ1) is 10.5. The molecule has 0 fully saturated rings. The van der Waals surface area contributed by atoms with E-state index >= 15 is 0 Å². The minimum absolute atomic E-state index is 0.222. The van der Waals surface area contributed by atoms with Crippen LogP contribution in [0.15, 0.2) is 18.2 Å². The van der Waals surface area contributed by atoms with Crippen molar-refractivity contribution in [2.24, 2.45) is 0 Å². The Kier molecular flexibility index (Phi) is 2.67. The Morgan fingerprint density at radius 2 is 2.00 bits per heavy atom. The predicted molar refractivity (Wildman–Crippen MR) is 58.3 cm³/mol. The maximum Gasteiger partial charge on any atom is 0.132 e. The molecule has 5 heteroatoms. The van der Waals surface area contributed by atoms with Crippen molar-refractivity contribution in [3.05, 3.63) is 34.2 Å². The SMILES string of the molecule is COc1cc(F)cc2nc(Cl)cc(Cl)c12. The summed E-state index contributed by atoms with van der Waals surface area (Å²) in [6, 6.07) is 4.01. The molecule has 0 radical (unpaired) electrons. The number of benzene rings is 1. The fraction of sp³-hybridized carbons (Fsp3) is 0.100. The van der Waals surface area contributed by atoms with Crippen molar-refractivity contribution in [3.63, 3.8) is 0 Å². The van der Waals surface area contributed by atoms with Crippen molar-refractivity contribution in [1.29, 1.82) is 0 Å². The number of halogens is 3. The van der Waals surface area contributed by atoms with Crippen LogP contribution in [-0.4, -0.2) is 12.1 Å². The second-order valence-corrected chi connectivity index (χ2v) is 3.72. The summed E-state index contributed by atoms with van der Waals surface area (Å²) in [7, 11) is 1.44. The van der Waals surface area contributed by atoms with Gasteiger partial charge in [0.15, 0.2) is 0 Å². The van der Waals surface area contributed by atoms with Crippen molar-refractivity contribution < 1.29 is 9.13 Å². The van der Waals surface area contributed by atoms with Gasteiger partial charge >= 0.3 is 0 Å². The zero-order valence-corrected chi connectivity index (χ0v) is 9.23. The Morgan fingerprint density at radius 1 is 1.27 bits per heavy atom. The molecule has 0 saturated carbocycles. The van der Waals surface area contributed by atoms with Gasteiger partial charge in [0.1, 0.15) is 16.7 Å². The number of rotatable bonds is 1. The van der Waals surface area contributed by atoms with Crippen molar-refractivity contribution in [2.75, 3.05) is 7.11 Å². The number of fused-ring (bicyclic) bond motifs is 1. The summed E-state index contributed by atoms with van der Waals surface area (Å²) in [5.74, 6) is -0.0932. The predicted octanol–water partition coefficient (Wildman–Crippen LogP) is 3.69. The van der Waals surface area contributed by atoms with Gasteiger partial charge in [0.2, 0.25) is 0 Å². The lowest BCUT2D eigenvalue weighted by Gasteiger charge is -2.07. The van der Waals surface area contributed by atoms with E-state index in [9.17, 15) is 4.39 Å². The maximum absolute atomic E-state index is 13.1. The highest BCUT2D eigenvalue weighted by atomic mass is 35.5. The molecule has 0 aliphatic carbocycles. The summed E-state index contributed by atoms with van der Waals surface area (Å²) in [4.78, 5) is 3.97. The highest BCUT2D eigenvalue weighted by Gasteiger charge is 2.10. The lowest BCUT2D eigenvalue weighted by Crippen LogP contribution is -1.90. The van der Waals surface area contributed by atoms with Gasteiger partial charge in [-0.25, -0.2) is 9.37 Å². The molecule has 2 aromatic rings. The zero-order chi connectivity index (χ0) is 11.0. The molecular formula is C10H6Cl2FNO. The van der Waals surface area contributed by atoms with Gasteiger partial charge in [0, 0.05) is 12.1 Å². The van der Waals surface area contributed by atoms with Crippen LogP contribution in [0.25, 0.3) is 10.9 Å². The third-order valence-corrected chi connectivity index (χ3v) is 2.47. The Bertz CT molecular complexity index is 525. The summed E-state index contributed by atoms with van der Waals surface area (Å²) in [5, 5.41) is 1.17. The van der Waals surface area contributed by atoms with Crippen LogP contribution in [0.5, 0.6) is 5.75 Å². The highest BCUT2D eigenvalue weighted by molar-refractivity contribution is 6.38. The summed E-state index contributed by atoms with van der Waals surface area (Å²) in [5.41, 5.74) is 0.379. The molecule has 2 nitrogen and oxygen atoms in total. The molecule has 0 bridgehead atoms. The van der Waals surface area contributed by atoms with Crippen LogP contribution in [0, 0.1) is 5.82 Å². The van der Waals surface area contributed by atoms with E-state index in [1.165, 1.54) is 25.3 Å². The van der Waals surface area contributed by atoms with Gasteiger partial charge in [0.25, 0.3) is 0 Å². The van der Waals surface area contributed by atoms with E-state index in [0.717, 1.165) is 0 Å². The number of hydrogen-bond donors (Lipinski definition) is 0. The molecule has 0 amide bonds. The van der Waals surface area contributed by atoms with Gasteiger partial charge in [-0.1, -0.05) is 23.2 Å². The molecule has 78 valence electrons. The van der Waals surface area contributed by atoms with Crippen molar-refractivity contribution in [3.8, 4) is 5.75 Å². The second-order valence-electron chi connectivity index (χ2n) is 2.93. The van der Waals surface area contributed by atoms with Crippen molar-refractivity contribution >= 4 is 34.1 Å². The first-order valence-corrected chi connectivity index (χ1v) is 4.86. The summed E-state index contributed by atoms with van der Waals surface area (Å²) >= 11 is 11.7. The van der Waals surface area contributed by atoms with Gasteiger partial charge < -0.3 is 4.74 Å². The van der Waals surface area contributed by atoms with E-state index in [1.54, 1.807) is 0 Å². The molecule has 1 heterocycles. The number of hydrogen-bond acceptors (Lipinski definition) is 2. The standard InChI is InChI=1S/C10H6Cl2FNO/c1-15-8-3-5(13)2-7-10(8)6(11)4-9(12)14-7/h2-4H,1H3. The molecular weight excluding hydrogens is 240 g/mol. The summed E-state index contributed by atoms with van der Waals surface area (Å²) < 4.78 is 18.2. The second kappa shape index (κ2) is 3.83. The Balaban J connectivity index is 2.90. The third-order valence-electron chi connectivity index (χ3n) is 1.98. The van der Waals surface area contributed by atoms with Gasteiger partial charge in [-0.2, -0.15) is 0 Å². The Morgan fingerprint density at radius 3 is 2.67 bits per heavy atom. The summed E-state index contributed by atoms with van der Waals surface area (Å²) in [6.45, 7) is 0. The number of pyridine rings is 1. The maximum atomic E-state index is 13.1.